The Labute approximate surface area is 156 Å². The first-order valence-corrected chi connectivity index (χ1v) is 9.29. The highest BCUT2D eigenvalue weighted by molar-refractivity contribution is 4.61. The number of hydrogen-bond donors (Lipinski definition) is 4. The van der Waals surface area contributed by atoms with Crippen molar-refractivity contribution in [3.05, 3.63) is 0 Å². The second-order valence-electron chi connectivity index (χ2n) is 5.90. The van der Waals surface area contributed by atoms with E-state index in [0.29, 0.717) is 26.4 Å². The molecule has 26 heavy (non-hydrogen) atoms. The van der Waals surface area contributed by atoms with E-state index in [1.165, 1.54) is 0 Å². The fourth-order valence-corrected chi connectivity index (χ4v) is 2.40. The van der Waals surface area contributed by atoms with E-state index in [1.807, 2.05) is 5.01 Å². The molecule has 0 aromatic rings. The summed E-state index contributed by atoms with van der Waals surface area (Å²) < 4.78 is 20.6. The molecule has 156 valence electrons. The summed E-state index contributed by atoms with van der Waals surface area (Å²) >= 11 is 0. The van der Waals surface area contributed by atoms with Crippen molar-refractivity contribution >= 4 is 0 Å². The Morgan fingerprint density at radius 3 is 2.23 bits per heavy atom. The normalized spacial score (nSPS) is 20.4. The van der Waals surface area contributed by atoms with Gasteiger partial charge in [0.25, 0.3) is 0 Å². The molecule has 0 bridgehead atoms. The SMILES string of the molecule is NCCOCCN1CCOCC1.OCCOCC(O)NN1CCOCC1. The van der Waals surface area contributed by atoms with Crippen molar-refractivity contribution < 1.29 is 29.2 Å². The number of nitrogens with one attached hydrogen (secondary N) is 1. The van der Waals surface area contributed by atoms with E-state index >= 15 is 0 Å². The van der Waals surface area contributed by atoms with E-state index in [4.69, 9.17) is 29.8 Å². The van der Waals surface area contributed by atoms with Crippen LogP contribution in [0.25, 0.3) is 0 Å². The molecular weight excluding hydrogens is 344 g/mol. The fourth-order valence-electron chi connectivity index (χ4n) is 2.40. The molecule has 2 heterocycles. The maximum absolute atomic E-state index is 9.43. The fraction of sp³-hybridized carbons (Fsp3) is 1.00. The number of nitrogens with zero attached hydrogens (tertiary/aromatic N) is 2. The number of ether oxygens (including phenoxy) is 4. The molecule has 0 spiro atoms. The molecule has 10 nitrogen and oxygen atoms in total. The first-order chi connectivity index (χ1) is 12.8. The predicted molar refractivity (Wildman–Crippen MR) is 96.6 cm³/mol. The third-order valence-electron chi connectivity index (χ3n) is 3.77. The van der Waals surface area contributed by atoms with E-state index < -0.39 is 6.23 Å². The molecule has 0 aromatic carbocycles. The molecule has 2 aliphatic rings. The van der Waals surface area contributed by atoms with Gasteiger partial charge in [0.15, 0.2) is 0 Å². The lowest BCUT2D eigenvalue weighted by molar-refractivity contribution is -0.0632. The van der Waals surface area contributed by atoms with Crippen LogP contribution in [-0.4, -0.2) is 125 Å². The highest BCUT2D eigenvalue weighted by Crippen LogP contribution is 1.95. The molecular formula is C16H36N4O6. The van der Waals surface area contributed by atoms with Crippen molar-refractivity contribution in [1.29, 1.82) is 0 Å². The number of nitrogens with two attached hydrogens (primary N) is 1. The standard InChI is InChI=1S/C8H18N2O4.C8H18N2O2/c11-3-6-14-7-8(12)9-10-1-4-13-5-2-10;9-1-5-11-6-2-10-3-7-12-8-4-10/h8-9,11-12H,1-7H2;1-9H2. The Morgan fingerprint density at radius 2 is 1.62 bits per heavy atom. The summed E-state index contributed by atoms with van der Waals surface area (Å²) in [6.07, 6.45) is -0.723. The van der Waals surface area contributed by atoms with E-state index in [-0.39, 0.29) is 19.8 Å². The van der Waals surface area contributed by atoms with Crippen LogP contribution >= 0.6 is 0 Å². The highest BCUT2D eigenvalue weighted by Gasteiger charge is 2.13. The summed E-state index contributed by atoms with van der Waals surface area (Å²) in [5.41, 5.74) is 8.17. The molecule has 0 aromatic heterocycles. The second-order valence-corrected chi connectivity index (χ2v) is 5.90. The summed E-state index contributed by atoms with van der Waals surface area (Å²) in [6.45, 7) is 10.1. The van der Waals surface area contributed by atoms with Gasteiger partial charge in [-0.1, -0.05) is 0 Å². The van der Waals surface area contributed by atoms with Gasteiger partial charge in [-0.15, -0.1) is 0 Å². The topological polar surface area (TPSA) is 122 Å². The van der Waals surface area contributed by atoms with Gasteiger partial charge < -0.3 is 34.9 Å². The van der Waals surface area contributed by atoms with Gasteiger partial charge in [-0.2, -0.15) is 0 Å². The summed E-state index contributed by atoms with van der Waals surface area (Å²) in [5, 5.41) is 19.8. The monoisotopic (exact) mass is 380 g/mol. The smallest absolute Gasteiger partial charge is 0.140 e. The number of morpholine rings is 2. The van der Waals surface area contributed by atoms with Crippen LogP contribution in [0.1, 0.15) is 0 Å². The zero-order valence-electron chi connectivity index (χ0n) is 15.7. The number of hydrazine groups is 1. The minimum atomic E-state index is -0.723. The highest BCUT2D eigenvalue weighted by atomic mass is 16.5. The van der Waals surface area contributed by atoms with Crippen LogP contribution < -0.4 is 11.2 Å². The maximum atomic E-state index is 9.43. The maximum Gasteiger partial charge on any atom is 0.140 e. The largest absolute Gasteiger partial charge is 0.394 e. The van der Waals surface area contributed by atoms with E-state index in [1.54, 1.807) is 0 Å². The van der Waals surface area contributed by atoms with Crippen LogP contribution in [0.3, 0.4) is 0 Å². The van der Waals surface area contributed by atoms with Gasteiger partial charge in [0.1, 0.15) is 6.23 Å². The van der Waals surface area contributed by atoms with Gasteiger partial charge >= 0.3 is 0 Å². The quantitative estimate of drug-likeness (QED) is 0.225. The third kappa shape index (κ3) is 12.9. The van der Waals surface area contributed by atoms with Gasteiger partial charge in [-0.3, -0.25) is 4.90 Å². The Balaban J connectivity index is 0.000000263. The van der Waals surface area contributed by atoms with Gasteiger partial charge in [0, 0.05) is 39.3 Å². The van der Waals surface area contributed by atoms with Gasteiger partial charge in [0.05, 0.1) is 59.5 Å². The third-order valence-corrected chi connectivity index (χ3v) is 3.77. The summed E-state index contributed by atoms with van der Waals surface area (Å²) in [4.78, 5) is 2.35. The van der Waals surface area contributed by atoms with Crippen LogP contribution in [0.15, 0.2) is 0 Å². The van der Waals surface area contributed by atoms with Crippen LogP contribution in [0, 0.1) is 0 Å². The van der Waals surface area contributed by atoms with Crippen LogP contribution in [0.5, 0.6) is 0 Å². The molecule has 0 aliphatic carbocycles. The molecule has 10 heteroatoms. The lowest BCUT2D eigenvalue weighted by atomic mass is 10.4. The average molecular weight is 380 g/mol. The van der Waals surface area contributed by atoms with Crippen molar-refractivity contribution in [2.75, 3.05) is 98.7 Å². The summed E-state index contributed by atoms with van der Waals surface area (Å²) in [7, 11) is 0. The van der Waals surface area contributed by atoms with Crippen molar-refractivity contribution in [2.45, 2.75) is 6.23 Å². The number of aliphatic hydroxyl groups is 2. The zero-order chi connectivity index (χ0) is 18.9. The van der Waals surface area contributed by atoms with Crippen LogP contribution in [0.2, 0.25) is 0 Å². The first-order valence-electron chi connectivity index (χ1n) is 9.29. The van der Waals surface area contributed by atoms with Crippen molar-refractivity contribution in [1.82, 2.24) is 15.3 Å². The minimum Gasteiger partial charge on any atom is -0.394 e. The summed E-state index contributed by atoms with van der Waals surface area (Å²) in [5.74, 6) is 0. The summed E-state index contributed by atoms with van der Waals surface area (Å²) in [6, 6.07) is 0. The molecule has 1 atom stereocenters. The van der Waals surface area contributed by atoms with E-state index in [2.05, 4.69) is 10.3 Å². The van der Waals surface area contributed by atoms with Crippen molar-refractivity contribution in [3.63, 3.8) is 0 Å². The van der Waals surface area contributed by atoms with Crippen LogP contribution in [-0.2, 0) is 18.9 Å². The average Bonchev–Trinajstić information content (AvgIpc) is 2.68. The Bertz CT molecular complexity index is 304. The molecule has 2 fully saturated rings. The van der Waals surface area contributed by atoms with Crippen LogP contribution in [0.4, 0.5) is 0 Å². The molecule has 1 unspecified atom stereocenters. The molecule has 2 rings (SSSR count). The number of hydrogen-bond acceptors (Lipinski definition) is 10. The second kappa shape index (κ2) is 16.8. The molecule has 0 amide bonds. The molecule has 2 aliphatic heterocycles. The number of rotatable bonds is 11. The van der Waals surface area contributed by atoms with Gasteiger partial charge in [-0.25, -0.2) is 10.4 Å². The Morgan fingerprint density at radius 1 is 0.962 bits per heavy atom. The molecule has 5 N–H and O–H groups in total. The molecule has 0 radical (unpaired) electrons. The van der Waals surface area contributed by atoms with E-state index in [9.17, 15) is 5.11 Å². The Kier molecular flexibility index (Phi) is 15.2. The van der Waals surface area contributed by atoms with E-state index in [0.717, 1.165) is 52.5 Å². The lowest BCUT2D eigenvalue weighted by Gasteiger charge is -2.29. The Hall–Kier alpha value is -0.400. The molecule has 0 saturated carbocycles. The molecule has 2 saturated heterocycles. The lowest BCUT2D eigenvalue weighted by Crippen LogP contribution is -2.51. The predicted octanol–water partition coefficient (Wildman–Crippen LogP) is -2.56. The first kappa shape index (κ1) is 23.6. The minimum absolute atomic E-state index is 0.0235. The van der Waals surface area contributed by atoms with Crippen molar-refractivity contribution in [2.24, 2.45) is 5.73 Å². The van der Waals surface area contributed by atoms with Gasteiger partial charge in [0.2, 0.25) is 0 Å². The van der Waals surface area contributed by atoms with Crippen molar-refractivity contribution in [3.8, 4) is 0 Å². The zero-order valence-corrected chi connectivity index (χ0v) is 15.7. The number of aliphatic hydroxyl groups excluding tert-OH is 2. The van der Waals surface area contributed by atoms with Gasteiger partial charge in [-0.05, 0) is 0 Å².